The van der Waals surface area contributed by atoms with E-state index in [4.69, 9.17) is 9.15 Å². The van der Waals surface area contributed by atoms with Gasteiger partial charge in [0, 0.05) is 0 Å². The molecule has 0 saturated carbocycles. The highest BCUT2D eigenvalue weighted by atomic mass is 32.2. The van der Waals surface area contributed by atoms with Crippen LogP contribution in [0.15, 0.2) is 75.4 Å². The van der Waals surface area contributed by atoms with Gasteiger partial charge in [-0.2, -0.15) is 0 Å². The number of benzene rings is 2. The molecular weight excluding hydrogens is 440 g/mol. The van der Waals surface area contributed by atoms with Crippen LogP contribution in [0.4, 0.5) is 11.7 Å². The van der Waals surface area contributed by atoms with Gasteiger partial charge in [0.15, 0.2) is 0 Å². The second-order valence-corrected chi connectivity index (χ2v) is 8.80. The van der Waals surface area contributed by atoms with Gasteiger partial charge in [0.05, 0.1) is 28.1 Å². The molecule has 4 rings (SSSR count). The van der Waals surface area contributed by atoms with Crippen LogP contribution >= 0.6 is 11.3 Å². The number of carbonyl (C=O) groups is 1. The molecule has 0 aliphatic heterocycles. The average molecular weight is 457 g/mol. The first-order valence-electron chi connectivity index (χ1n) is 8.91. The fourth-order valence-corrected chi connectivity index (χ4v) is 4.39. The highest BCUT2D eigenvalue weighted by molar-refractivity contribution is 7.92. The quantitative estimate of drug-likeness (QED) is 0.433. The lowest BCUT2D eigenvalue weighted by Crippen LogP contribution is -2.18. The number of carbonyl (C=O) groups excluding carboxylic acids is 1. The van der Waals surface area contributed by atoms with E-state index in [2.05, 4.69) is 20.2 Å². The van der Waals surface area contributed by atoms with E-state index in [1.165, 1.54) is 54.8 Å². The van der Waals surface area contributed by atoms with Crippen LogP contribution in [0.25, 0.3) is 10.8 Å². The Morgan fingerprint density at radius 2 is 1.81 bits per heavy atom. The van der Waals surface area contributed by atoms with Gasteiger partial charge in [-0.1, -0.05) is 23.3 Å². The van der Waals surface area contributed by atoms with Gasteiger partial charge < -0.3 is 9.15 Å². The van der Waals surface area contributed by atoms with Crippen LogP contribution in [-0.4, -0.2) is 31.6 Å². The predicted octanol–water partition coefficient (Wildman–Crippen LogP) is 3.86. The largest absolute Gasteiger partial charge is 0.497 e. The molecule has 0 fully saturated rings. The third kappa shape index (κ3) is 4.57. The summed E-state index contributed by atoms with van der Waals surface area (Å²) < 4.78 is 38.4. The predicted molar refractivity (Wildman–Crippen MR) is 116 cm³/mol. The number of hydrogen-bond acceptors (Lipinski definition) is 8. The van der Waals surface area contributed by atoms with E-state index >= 15 is 0 Å². The van der Waals surface area contributed by atoms with Crippen molar-refractivity contribution in [3.05, 3.63) is 71.6 Å². The van der Waals surface area contributed by atoms with E-state index < -0.39 is 15.9 Å². The Labute approximate surface area is 181 Å². The van der Waals surface area contributed by atoms with Crippen LogP contribution in [0.1, 0.15) is 10.4 Å². The number of nitrogens with zero attached hydrogens (tertiary/aromatic N) is 2. The molecule has 0 aliphatic rings. The topological polar surface area (TPSA) is 123 Å². The minimum atomic E-state index is -3.93. The molecule has 9 nitrogen and oxygen atoms in total. The summed E-state index contributed by atoms with van der Waals surface area (Å²) in [5, 5.41) is 12.1. The number of para-hydroxylation sites is 1. The van der Waals surface area contributed by atoms with Gasteiger partial charge in [0.2, 0.25) is 0 Å². The standard InChI is InChI=1S/C20H16N4O5S2/c1-28-13-8-10-14(11-9-13)31(26,27)24-16-6-3-2-5-15(16)18(25)21-20-23-22-19(29-20)17-7-4-12-30-17/h2-12,24H,1H3,(H,21,23,25). The molecule has 0 saturated heterocycles. The molecule has 4 aromatic rings. The van der Waals surface area contributed by atoms with Crippen LogP contribution in [0, 0.1) is 0 Å². The highest BCUT2D eigenvalue weighted by Gasteiger charge is 2.20. The lowest BCUT2D eigenvalue weighted by atomic mass is 10.2. The maximum absolute atomic E-state index is 12.7. The molecule has 0 unspecified atom stereocenters. The van der Waals surface area contributed by atoms with Crippen molar-refractivity contribution in [3.63, 3.8) is 0 Å². The van der Waals surface area contributed by atoms with Gasteiger partial charge in [-0.05, 0) is 47.8 Å². The molecule has 31 heavy (non-hydrogen) atoms. The van der Waals surface area contributed by atoms with E-state index in [0.29, 0.717) is 5.75 Å². The normalized spacial score (nSPS) is 11.1. The number of amides is 1. The summed E-state index contributed by atoms with van der Waals surface area (Å²) in [6, 6.07) is 15.7. The fourth-order valence-electron chi connectivity index (χ4n) is 2.67. The fraction of sp³-hybridized carbons (Fsp3) is 0.0500. The Kier molecular flexibility index (Phi) is 5.69. The van der Waals surface area contributed by atoms with Crippen molar-refractivity contribution in [2.45, 2.75) is 4.90 Å². The Morgan fingerprint density at radius 1 is 1.03 bits per heavy atom. The second kappa shape index (κ2) is 8.58. The summed E-state index contributed by atoms with van der Waals surface area (Å²) in [5.74, 6) is 0.202. The van der Waals surface area contributed by atoms with Gasteiger partial charge in [-0.3, -0.25) is 14.8 Å². The number of hydrogen-bond donors (Lipinski definition) is 2. The maximum Gasteiger partial charge on any atom is 0.322 e. The summed E-state index contributed by atoms with van der Waals surface area (Å²) in [6.45, 7) is 0. The molecule has 2 N–H and O–H groups in total. The van der Waals surface area contributed by atoms with E-state index in [1.54, 1.807) is 12.1 Å². The smallest absolute Gasteiger partial charge is 0.322 e. The van der Waals surface area contributed by atoms with Crippen molar-refractivity contribution in [2.24, 2.45) is 0 Å². The Bertz CT molecular complexity index is 1300. The van der Waals surface area contributed by atoms with Crippen molar-refractivity contribution in [1.29, 1.82) is 0 Å². The lowest BCUT2D eigenvalue weighted by molar-refractivity contribution is 0.102. The summed E-state index contributed by atoms with van der Waals surface area (Å²) in [5.41, 5.74) is 0.198. The van der Waals surface area contributed by atoms with Crippen molar-refractivity contribution in [3.8, 4) is 16.5 Å². The zero-order valence-corrected chi connectivity index (χ0v) is 17.7. The summed E-state index contributed by atoms with van der Waals surface area (Å²) in [7, 11) is -2.44. The van der Waals surface area contributed by atoms with Gasteiger partial charge in [-0.15, -0.1) is 16.4 Å². The van der Waals surface area contributed by atoms with Gasteiger partial charge >= 0.3 is 6.01 Å². The third-order valence-electron chi connectivity index (χ3n) is 4.16. The average Bonchev–Trinajstić information content (AvgIpc) is 3.46. The van der Waals surface area contributed by atoms with Crippen LogP contribution in [0.5, 0.6) is 5.75 Å². The molecule has 0 aliphatic carbocycles. The van der Waals surface area contributed by atoms with E-state index in [9.17, 15) is 13.2 Å². The molecule has 1 amide bonds. The molecule has 0 radical (unpaired) electrons. The first-order chi connectivity index (χ1) is 15.0. The SMILES string of the molecule is COc1ccc(S(=O)(=O)Nc2ccccc2C(=O)Nc2nnc(-c3cccs3)o2)cc1. The minimum absolute atomic E-state index is 0.0287. The monoisotopic (exact) mass is 456 g/mol. The molecule has 2 aromatic carbocycles. The zero-order chi connectivity index (χ0) is 21.8. The molecule has 11 heteroatoms. The Morgan fingerprint density at radius 3 is 2.52 bits per heavy atom. The summed E-state index contributed by atoms with van der Waals surface area (Å²) in [6.07, 6.45) is 0. The number of nitrogens with one attached hydrogen (secondary N) is 2. The number of sulfonamides is 1. The number of rotatable bonds is 7. The number of aromatic nitrogens is 2. The van der Waals surface area contributed by atoms with E-state index in [-0.39, 0.29) is 28.1 Å². The van der Waals surface area contributed by atoms with Crippen LogP contribution in [0.3, 0.4) is 0 Å². The molecule has 158 valence electrons. The second-order valence-electron chi connectivity index (χ2n) is 6.17. The molecule has 2 aromatic heterocycles. The van der Waals surface area contributed by atoms with Crippen LogP contribution < -0.4 is 14.8 Å². The van der Waals surface area contributed by atoms with Gasteiger partial charge in [0.25, 0.3) is 21.8 Å². The van der Waals surface area contributed by atoms with Crippen LogP contribution in [0.2, 0.25) is 0 Å². The Hall–Kier alpha value is -3.70. The van der Waals surface area contributed by atoms with Crippen molar-refractivity contribution in [1.82, 2.24) is 10.2 Å². The Balaban J connectivity index is 1.54. The highest BCUT2D eigenvalue weighted by Crippen LogP contribution is 2.26. The summed E-state index contributed by atoms with van der Waals surface area (Å²) in [4.78, 5) is 13.5. The maximum atomic E-state index is 12.7. The molecule has 0 atom stereocenters. The number of thiophene rings is 1. The first kappa shape index (κ1) is 20.6. The van der Waals surface area contributed by atoms with Crippen LogP contribution in [-0.2, 0) is 10.0 Å². The van der Waals surface area contributed by atoms with Gasteiger partial charge in [0.1, 0.15) is 5.75 Å². The zero-order valence-electron chi connectivity index (χ0n) is 16.1. The molecule has 2 heterocycles. The molecule has 0 bridgehead atoms. The van der Waals surface area contributed by atoms with Crippen molar-refractivity contribution >= 4 is 39.0 Å². The minimum Gasteiger partial charge on any atom is -0.497 e. The number of methoxy groups -OCH3 is 1. The molecule has 0 spiro atoms. The third-order valence-corrected chi connectivity index (χ3v) is 6.40. The van der Waals surface area contributed by atoms with Gasteiger partial charge in [-0.25, -0.2) is 8.42 Å². The summed E-state index contributed by atoms with van der Waals surface area (Å²) >= 11 is 1.42. The van der Waals surface area contributed by atoms with Crippen molar-refractivity contribution < 1.29 is 22.4 Å². The molecular formula is C20H16N4O5S2. The number of ether oxygens (including phenoxy) is 1. The lowest BCUT2D eigenvalue weighted by Gasteiger charge is -2.12. The van der Waals surface area contributed by atoms with E-state index in [0.717, 1.165) is 4.88 Å². The van der Waals surface area contributed by atoms with E-state index in [1.807, 2.05) is 17.5 Å². The van der Waals surface area contributed by atoms with Crippen molar-refractivity contribution in [2.75, 3.05) is 17.1 Å². The number of anilines is 2. The first-order valence-corrected chi connectivity index (χ1v) is 11.3.